The molecule has 0 spiro atoms. The summed E-state index contributed by atoms with van der Waals surface area (Å²) >= 11 is 0. The first-order valence-corrected chi connectivity index (χ1v) is 5.60. The first-order chi connectivity index (χ1) is 7.15. The molecule has 0 aromatic carbocycles. The van der Waals surface area contributed by atoms with E-state index in [1.54, 1.807) is 0 Å². The van der Waals surface area contributed by atoms with Crippen molar-refractivity contribution < 1.29 is 4.79 Å². The molecule has 0 aromatic heterocycles. The summed E-state index contributed by atoms with van der Waals surface area (Å²) in [4.78, 5) is 13.5. The van der Waals surface area contributed by atoms with E-state index < -0.39 is 0 Å². The predicted octanol–water partition coefficient (Wildman–Crippen LogP) is 1.13. The van der Waals surface area contributed by atoms with Crippen LogP contribution in [0.4, 0.5) is 0 Å². The van der Waals surface area contributed by atoms with Gasteiger partial charge in [0.05, 0.1) is 0 Å². The fourth-order valence-electron chi connectivity index (χ4n) is 2.05. The molecule has 0 aromatic rings. The van der Waals surface area contributed by atoms with Crippen molar-refractivity contribution in [2.24, 2.45) is 5.73 Å². The van der Waals surface area contributed by atoms with E-state index in [1.165, 1.54) is 0 Å². The number of terminal acetylenes is 1. The standard InChI is InChI=1S/C12H20N2O/c1-3-4-5-12(15)14(2)11-8-6-10(13)7-9-11/h1,10-11H,4-9,13H2,2H3. The lowest BCUT2D eigenvalue weighted by molar-refractivity contribution is -0.132. The van der Waals surface area contributed by atoms with E-state index in [0.717, 1.165) is 25.7 Å². The Bertz CT molecular complexity index is 249. The maximum atomic E-state index is 11.7. The molecule has 0 heterocycles. The molecule has 0 unspecified atom stereocenters. The number of carbonyl (C=O) groups excluding carboxylic acids is 1. The maximum Gasteiger partial charge on any atom is 0.223 e. The van der Waals surface area contributed by atoms with Crippen molar-refractivity contribution in [3.05, 3.63) is 0 Å². The first-order valence-electron chi connectivity index (χ1n) is 5.60. The quantitative estimate of drug-likeness (QED) is 0.707. The second-order valence-electron chi connectivity index (χ2n) is 4.28. The van der Waals surface area contributed by atoms with Gasteiger partial charge < -0.3 is 10.6 Å². The highest BCUT2D eigenvalue weighted by molar-refractivity contribution is 5.76. The maximum absolute atomic E-state index is 11.7. The normalized spacial score (nSPS) is 25.7. The van der Waals surface area contributed by atoms with Crippen LogP contribution in [0.3, 0.4) is 0 Å². The van der Waals surface area contributed by atoms with Crippen LogP contribution in [0.25, 0.3) is 0 Å². The average Bonchev–Trinajstić information content (AvgIpc) is 2.26. The first kappa shape index (κ1) is 12.1. The van der Waals surface area contributed by atoms with Gasteiger partial charge in [-0.2, -0.15) is 0 Å². The van der Waals surface area contributed by atoms with E-state index in [9.17, 15) is 4.79 Å². The van der Waals surface area contributed by atoms with Gasteiger partial charge in [-0.25, -0.2) is 0 Å². The summed E-state index contributed by atoms with van der Waals surface area (Å²) in [5.41, 5.74) is 5.82. The minimum Gasteiger partial charge on any atom is -0.343 e. The van der Waals surface area contributed by atoms with Gasteiger partial charge in [0.25, 0.3) is 0 Å². The van der Waals surface area contributed by atoms with Crippen molar-refractivity contribution in [1.82, 2.24) is 4.90 Å². The van der Waals surface area contributed by atoms with E-state index in [-0.39, 0.29) is 5.91 Å². The molecule has 1 saturated carbocycles. The molecule has 1 rings (SSSR count). The molecule has 0 bridgehead atoms. The van der Waals surface area contributed by atoms with Crippen LogP contribution in [-0.2, 0) is 4.79 Å². The Morgan fingerprint density at radius 1 is 1.47 bits per heavy atom. The molecular formula is C12H20N2O. The summed E-state index contributed by atoms with van der Waals surface area (Å²) in [6, 6.07) is 0.700. The molecule has 2 N–H and O–H groups in total. The van der Waals surface area contributed by atoms with Gasteiger partial charge in [0.2, 0.25) is 5.91 Å². The number of nitrogens with zero attached hydrogens (tertiary/aromatic N) is 1. The molecule has 1 aliphatic rings. The van der Waals surface area contributed by atoms with Gasteiger partial charge in [-0.15, -0.1) is 12.3 Å². The van der Waals surface area contributed by atoms with Crippen molar-refractivity contribution in [2.45, 2.75) is 50.6 Å². The van der Waals surface area contributed by atoms with E-state index in [0.29, 0.717) is 24.9 Å². The summed E-state index contributed by atoms with van der Waals surface area (Å²) in [7, 11) is 1.88. The Hall–Kier alpha value is -1.01. The Kier molecular flexibility index (Phi) is 4.64. The fraction of sp³-hybridized carbons (Fsp3) is 0.750. The van der Waals surface area contributed by atoms with Gasteiger partial charge in [-0.1, -0.05) is 0 Å². The third kappa shape index (κ3) is 3.56. The van der Waals surface area contributed by atoms with E-state index in [4.69, 9.17) is 12.2 Å². The largest absolute Gasteiger partial charge is 0.343 e. The van der Waals surface area contributed by atoms with E-state index in [2.05, 4.69) is 5.92 Å². The Labute approximate surface area is 92.0 Å². The highest BCUT2D eigenvalue weighted by Crippen LogP contribution is 2.21. The third-order valence-electron chi connectivity index (χ3n) is 3.17. The molecule has 0 aliphatic heterocycles. The number of carbonyl (C=O) groups is 1. The lowest BCUT2D eigenvalue weighted by Gasteiger charge is -2.33. The van der Waals surface area contributed by atoms with Crippen LogP contribution < -0.4 is 5.73 Å². The van der Waals surface area contributed by atoms with Crippen molar-refractivity contribution in [2.75, 3.05) is 7.05 Å². The van der Waals surface area contributed by atoms with Crippen LogP contribution in [-0.4, -0.2) is 29.9 Å². The Morgan fingerprint density at radius 3 is 2.60 bits per heavy atom. The van der Waals surface area contributed by atoms with E-state index >= 15 is 0 Å². The molecule has 15 heavy (non-hydrogen) atoms. The van der Waals surface area contributed by atoms with Crippen molar-refractivity contribution in [1.29, 1.82) is 0 Å². The van der Waals surface area contributed by atoms with Crippen LogP contribution in [0.1, 0.15) is 38.5 Å². The fourth-order valence-corrected chi connectivity index (χ4v) is 2.05. The van der Waals surface area contributed by atoms with Crippen LogP contribution >= 0.6 is 0 Å². The lowest BCUT2D eigenvalue weighted by atomic mass is 9.91. The number of hydrogen-bond acceptors (Lipinski definition) is 2. The minimum atomic E-state index is 0.161. The van der Waals surface area contributed by atoms with Crippen molar-refractivity contribution in [3.8, 4) is 12.3 Å². The summed E-state index contributed by atoms with van der Waals surface area (Å²) in [6.45, 7) is 0. The molecule has 0 saturated heterocycles. The summed E-state index contributed by atoms with van der Waals surface area (Å²) in [5.74, 6) is 2.66. The third-order valence-corrected chi connectivity index (χ3v) is 3.17. The average molecular weight is 208 g/mol. The molecule has 84 valence electrons. The molecule has 1 aliphatic carbocycles. The Balaban J connectivity index is 2.36. The lowest BCUT2D eigenvalue weighted by Crippen LogP contribution is -2.41. The molecule has 1 fully saturated rings. The molecule has 0 radical (unpaired) electrons. The zero-order chi connectivity index (χ0) is 11.3. The SMILES string of the molecule is C#CCCC(=O)N(C)C1CCC(N)CC1. The van der Waals surface area contributed by atoms with Crippen LogP contribution in [0.2, 0.25) is 0 Å². The summed E-state index contributed by atoms with van der Waals surface area (Å²) in [6.07, 6.45) is 10.2. The molecule has 3 heteroatoms. The van der Waals surface area contributed by atoms with Crippen LogP contribution in [0.5, 0.6) is 0 Å². The van der Waals surface area contributed by atoms with Gasteiger partial charge in [0.15, 0.2) is 0 Å². The van der Waals surface area contributed by atoms with Crippen molar-refractivity contribution in [3.63, 3.8) is 0 Å². The summed E-state index contributed by atoms with van der Waals surface area (Å²) in [5, 5.41) is 0. The molecule has 3 nitrogen and oxygen atoms in total. The topological polar surface area (TPSA) is 46.3 Å². The van der Waals surface area contributed by atoms with Crippen molar-refractivity contribution >= 4 is 5.91 Å². The van der Waals surface area contributed by atoms with Gasteiger partial charge in [-0.05, 0) is 25.7 Å². The number of nitrogens with two attached hydrogens (primary N) is 1. The van der Waals surface area contributed by atoms with Gasteiger partial charge >= 0.3 is 0 Å². The zero-order valence-corrected chi connectivity index (χ0v) is 9.41. The number of rotatable bonds is 3. The second-order valence-corrected chi connectivity index (χ2v) is 4.28. The van der Waals surface area contributed by atoms with Crippen LogP contribution in [0, 0.1) is 12.3 Å². The highest BCUT2D eigenvalue weighted by atomic mass is 16.2. The Morgan fingerprint density at radius 2 is 2.07 bits per heavy atom. The van der Waals surface area contributed by atoms with E-state index in [1.807, 2.05) is 11.9 Å². The van der Waals surface area contributed by atoms with Gasteiger partial charge in [0, 0.05) is 32.0 Å². The second kappa shape index (κ2) is 5.77. The molecule has 0 atom stereocenters. The number of hydrogen-bond donors (Lipinski definition) is 1. The smallest absolute Gasteiger partial charge is 0.223 e. The highest BCUT2D eigenvalue weighted by Gasteiger charge is 2.24. The monoisotopic (exact) mass is 208 g/mol. The summed E-state index contributed by atoms with van der Waals surface area (Å²) < 4.78 is 0. The van der Waals surface area contributed by atoms with Gasteiger partial charge in [-0.3, -0.25) is 4.79 Å². The van der Waals surface area contributed by atoms with Crippen LogP contribution in [0.15, 0.2) is 0 Å². The molecular weight excluding hydrogens is 188 g/mol. The minimum absolute atomic E-state index is 0.161. The zero-order valence-electron chi connectivity index (χ0n) is 9.41. The van der Waals surface area contributed by atoms with Gasteiger partial charge in [0.1, 0.15) is 0 Å². The molecule has 1 amide bonds. The predicted molar refractivity (Wildman–Crippen MR) is 61.1 cm³/mol. The number of amides is 1.